The number of likely N-dealkylation sites (tertiary alicyclic amines) is 1. The summed E-state index contributed by atoms with van der Waals surface area (Å²) in [6.45, 7) is 8.47. The highest BCUT2D eigenvalue weighted by molar-refractivity contribution is 5.74. The van der Waals surface area contributed by atoms with Crippen LogP contribution in [-0.4, -0.2) is 66.3 Å². The molecule has 2 unspecified atom stereocenters. The average molecular weight is 311 g/mol. The highest BCUT2D eigenvalue weighted by atomic mass is 16.3. The molecule has 2 aliphatic rings. The van der Waals surface area contributed by atoms with Gasteiger partial charge in [-0.2, -0.15) is 0 Å². The average Bonchev–Trinajstić information content (AvgIpc) is 2.86. The zero-order valence-electron chi connectivity index (χ0n) is 14.4. The van der Waals surface area contributed by atoms with Crippen LogP contribution in [0.1, 0.15) is 46.0 Å². The minimum absolute atomic E-state index is 0.0152. The molecule has 128 valence electrons. The molecule has 2 fully saturated rings. The van der Waals surface area contributed by atoms with E-state index < -0.39 is 0 Å². The summed E-state index contributed by atoms with van der Waals surface area (Å²) >= 11 is 0. The second kappa shape index (κ2) is 8.16. The van der Waals surface area contributed by atoms with E-state index in [1.807, 2.05) is 7.05 Å². The highest BCUT2D eigenvalue weighted by Crippen LogP contribution is 2.26. The van der Waals surface area contributed by atoms with Crippen molar-refractivity contribution in [2.75, 3.05) is 33.2 Å². The minimum atomic E-state index is -0.227. The molecule has 0 aromatic carbocycles. The number of nitrogens with one attached hydrogen (secondary N) is 1. The summed E-state index contributed by atoms with van der Waals surface area (Å²) in [7, 11) is 1.84. The third-order valence-corrected chi connectivity index (χ3v) is 5.01. The fraction of sp³-hybridized carbons (Fsp3) is 0.941. The smallest absolute Gasteiger partial charge is 0.317 e. The molecule has 0 bridgehead atoms. The molecule has 2 atom stereocenters. The van der Waals surface area contributed by atoms with Gasteiger partial charge < -0.3 is 20.2 Å². The number of aliphatic hydroxyl groups excluding tert-OH is 1. The van der Waals surface area contributed by atoms with Gasteiger partial charge in [-0.3, -0.25) is 0 Å². The predicted octanol–water partition coefficient (Wildman–Crippen LogP) is 1.91. The topological polar surface area (TPSA) is 55.8 Å². The molecule has 22 heavy (non-hydrogen) atoms. The molecular formula is C17H33N3O2. The van der Waals surface area contributed by atoms with Crippen molar-refractivity contribution in [3.63, 3.8) is 0 Å². The quantitative estimate of drug-likeness (QED) is 0.815. The Morgan fingerprint density at radius 3 is 2.50 bits per heavy atom. The number of aliphatic hydroxyl groups is 1. The lowest BCUT2D eigenvalue weighted by molar-refractivity contribution is 0.112. The van der Waals surface area contributed by atoms with E-state index in [0.29, 0.717) is 18.5 Å². The molecule has 2 N–H and O–H groups in total. The molecule has 0 radical (unpaired) electrons. The van der Waals surface area contributed by atoms with Gasteiger partial charge in [-0.05, 0) is 31.6 Å². The van der Waals surface area contributed by atoms with E-state index in [1.165, 1.54) is 0 Å². The molecule has 1 saturated heterocycles. The van der Waals surface area contributed by atoms with Gasteiger partial charge in [0.1, 0.15) is 0 Å². The minimum Gasteiger partial charge on any atom is -0.393 e. The van der Waals surface area contributed by atoms with E-state index in [1.54, 1.807) is 4.90 Å². The largest absolute Gasteiger partial charge is 0.393 e. The number of carbonyl (C=O) groups excluding carboxylic acids is 1. The Morgan fingerprint density at radius 1 is 1.27 bits per heavy atom. The fourth-order valence-corrected chi connectivity index (χ4v) is 3.73. The zero-order chi connectivity index (χ0) is 16.1. The van der Waals surface area contributed by atoms with E-state index in [-0.39, 0.29) is 18.1 Å². The van der Waals surface area contributed by atoms with Gasteiger partial charge in [0, 0.05) is 45.2 Å². The number of nitrogens with zero attached hydrogens (tertiary/aromatic N) is 2. The number of hydrogen-bond acceptors (Lipinski definition) is 3. The van der Waals surface area contributed by atoms with Gasteiger partial charge in [0.2, 0.25) is 0 Å². The van der Waals surface area contributed by atoms with Crippen LogP contribution in [0.3, 0.4) is 0 Å². The van der Waals surface area contributed by atoms with Gasteiger partial charge in [-0.25, -0.2) is 4.79 Å². The summed E-state index contributed by atoms with van der Waals surface area (Å²) in [5.74, 6) is 0.957. The van der Waals surface area contributed by atoms with Gasteiger partial charge >= 0.3 is 6.03 Å². The summed E-state index contributed by atoms with van der Waals surface area (Å²) in [5, 5.41) is 13.0. The third-order valence-electron chi connectivity index (χ3n) is 5.01. The van der Waals surface area contributed by atoms with E-state index >= 15 is 0 Å². The SMILES string of the molecule is CC(C)CN1CCC(NC(=O)N(C)CC2CCCC2O)CC1. The molecular weight excluding hydrogens is 278 g/mol. The Morgan fingerprint density at radius 2 is 1.95 bits per heavy atom. The molecule has 0 aromatic heterocycles. The van der Waals surface area contributed by atoms with Crippen LogP contribution in [0.2, 0.25) is 0 Å². The first-order valence-electron chi connectivity index (χ1n) is 8.87. The first-order chi connectivity index (χ1) is 10.5. The molecule has 1 aliphatic carbocycles. The maximum absolute atomic E-state index is 12.3. The molecule has 1 heterocycles. The van der Waals surface area contributed by atoms with Gasteiger partial charge in [-0.15, -0.1) is 0 Å². The Bertz CT molecular complexity index is 354. The molecule has 2 rings (SSSR count). The van der Waals surface area contributed by atoms with Crippen molar-refractivity contribution < 1.29 is 9.90 Å². The van der Waals surface area contributed by atoms with Gasteiger partial charge in [0.05, 0.1) is 6.10 Å². The van der Waals surface area contributed by atoms with Gasteiger partial charge in [-0.1, -0.05) is 20.3 Å². The lowest BCUT2D eigenvalue weighted by Crippen LogP contribution is -2.49. The zero-order valence-corrected chi connectivity index (χ0v) is 14.4. The third kappa shape index (κ3) is 5.13. The number of amides is 2. The molecule has 0 spiro atoms. The molecule has 2 amide bonds. The summed E-state index contributed by atoms with van der Waals surface area (Å²) in [5.41, 5.74) is 0. The summed E-state index contributed by atoms with van der Waals surface area (Å²) in [6.07, 6.45) is 4.85. The Balaban J connectivity index is 1.68. The summed E-state index contributed by atoms with van der Waals surface area (Å²) in [6, 6.07) is 0.313. The van der Waals surface area contributed by atoms with Gasteiger partial charge in [0.15, 0.2) is 0 Å². The Kier molecular flexibility index (Phi) is 6.50. The number of urea groups is 1. The Hall–Kier alpha value is -0.810. The number of piperidine rings is 1. The standard InChI is InChI=1S/C17H33N3O2/c1-13(2)11-20-9-7-15(8-10-20)18-17(22)19(3)12-14-5-4-6-16(14)21/h13-16,21H,4-12H2,1-3H3,(H,18,22). The fourth-order valence-electron chi connectivity index (χ4n) is 3.73. The van der Waals surface area contributed by atoms with Crippen molar-refractivity contribution in [3.8, 4) is 0 Å². The molecule has 0 aromatic rings. The molecule has 1 saturated carbocycles. The van der Waals surface area contributed by atoms with E-state index in [2.05, 4.69) is 24.1 Å². The second-order valence-electron chi connectivity index (χ2n) is 7.56. The lowest BCUT2D eigenvalue weighted by Gasteiger charge is -2.34. The highest BCUT2D eigenvalue weighted by Gasteiger charge is 2.28. The maximum Gasteiger partial charge on any atom is 0.317 e. The summed E-state index contributed by atoms with van der Waals surface area (Å²) < 4.78 is 0. The van der Waals surface area contributed by atoms with Crippen LogP contribution < -0.4 is 5.32 Å². The van der Waals surface area contributed by atoms with Crippen LogP contribution in [0.5, 0.6) is 0 Å². The Labute approximate surface area is 135 Å². The van der Waals surface area contributed by atoms with Crippen molar-refractivity contribution in [3.05, 3.63) is 0 Å². The van der Waals surface area contributed by atoms with Crippen LogP contribution >= 0.6 is 0 Å². The number of rotatable bonds is 5. The predicted molar refractivity (Wildman–Crippen MR) is 88.8 cm³/mol. The molecule has 5 nitrogen and oxygen atoms in total. The van der Waals surface area contributed by atoms with Crippen LogP contribution in [0.4, 0.5) is 4.79 Å². The number of hydrogen-bond donors (Lipinski definition) is 2. The van der Waals surface area contributed by atoms with Crippen molar-refractivity contribution >= 4 is 6.03 Å². The summed E-state index contributed by atoms with van der Waals surface area (Å²) in [4.78, 5) is 16.5. The monoisotopic (exact) mass is 311 g/mol. The normalized spacial score (nSPS) is 27.3. The first kappa shape index (κ1) is 17.5. The first-order valence-corrected chi connectivity index (χ1v) is 8.87. The maximum atomic E-state index is 12.3. The van der Waals surface area contributed by atoms with Crippen molar-refractivity contribution in [2.45, 2.75) is 58.1 Å². The molecule has 1 aliphatic heterocycles. The van der Waals surface area contributed by atoms with Gasteiger partial charge in [0.25, 0.3) is 0 Å². The van der Waals surface area contributed by atoms with Crippen LogP contribution in [0, 0.1) is 11.8 Å². The molecule has 5 heteroatoms. The van der Waals surface area contributed by atoms with E-state index in [4.69, 9.17) is 0 Å². The second-order valence-corrected chi connectivity index (χ2v) is 7.56. The van der Waals surface area contributed by atoms with Crippen molar-refractivity contribution in [1.82, 2.24) is 15.1 Å². The lowest BCUT2D eigenvalue weighted by atomic mass is 10.0. The van der Waals surface area contributed by atoms with Crippen molar-refractivity contribution in [2.24, 2.45) is 11.8 Å². The van der Waals surface area contributed by atoms with Crippen LogP contribution in [0.15, 0.2) is 0 Å². The van der Waals surface area contributed by atoms with E-state index in [0.717, 1.165) is 51.7 Å². The van der Waals surface area contributed by atoms with Crippen LogP contribution in [-0.2, 0) is 0 Å². The van der Waals surface area contributed by atoms with E-state index in [9.17, 15) is 9.90 Å². The number of carbonyl (C=O) groups is 1. The van der Waals surface area contributed by atoms with Crippen LogP contribution in [0.25, 0.3) is 0 Å². The van der Waals surface area contributed by atoms with Crippen molar-refractivity contribution in [1.29, 1.82) is 0 Å².